The molecule has 6 nitrogen and oxygen atoms in total. The molecule has 1 aliphatic heterocycles. The molecule has 2 heterocycles. The molecule has 1 fully saturated rings. The maximum absolute atomic E-state index is 12.8. The predicted octanol–water partition coefficient (Wildman–Crippen LogP) is 3.13. The van der Waals surface area contributed by atoms with Crippen LogP contribution in [0.5, 0.6) is 0 Å². The van der Waals surface area contributed by atoms with Crippen molar-refractivity contribution in [2.24, 2.45) is 5.92 Å². The smallest absolute Gasteiger partial charge is 0.243 e. The summed E-state index contributed by atoms with van der Waals surface area (Å²) in [5.41, 5.74) is 1.03. The number of sulfonamides is 1. The molecule has 1 atom stereocenters. The van der Waals surface area contributed by atoms with Gasteiger partial charge in [-0.05, 0) is 56.9 Å². The van der Waals surface area contributed by atoms with Crippen LogP contribution in [0.1, 0.15) is 37.5 Å². The lowest BCUT2D eigenvalue weighted by atomic mass is 9.94. The maximum Gasteiger partial charge on any atom is 0.243 e. The second kappa shape index (κ2) is 8.92. The second-order valence-electron chi connectivity index (χ2n) is 7.62. The number of benzene rings is 1. The van der Waals surface area contributed by atoms with Crippen molar-refractivity contribution in [1.29, 1.82) is 0 Å². The highest BCUT2D eigenvalue weighted by molar-refractivity contribution is 7.89. The van der Waals surface area contributed by atoms with E-state index in [2.05, 4.69) is 5.32 Å². The molecule has 152 valence electrons. The van der Waals surface area contributed by atoms with Crippen molar-refractivity contribution in [3.63, 3.8) is 0 Å². The van der Waals surface area contributed by atoms with Gasteiger partial charge in [-0.2, -0.15) is 4.31 Å². The van der Waals surface area contributed by atoms with E-state index >= 15 is 0 Å². The van der Waals surface area contributed by atoms with Gasteiger partial charge in [0.05, 0.1) is 11.2 Å². The van der Waals surface area contributed by atoms with Gasteiger partial charge in [-0.15, -0.1) is 0 Å². The molecule has 28 heavy (non-hydrogen) atoms. The Morgan fingerprint density at radius 2 is 1.89 bits per heavy atom. The fraction of sp³-hybridized carbons (Fsp3) is 0.476. The largest absolute Gasteiger partial charge is 0.469 e. The first-order chi connectivity index (χ1) is 13.3. The van der Waals surface area contributed by atoms with Crippen molar-refractivity contribution in [2.75, 3.05) is 13.1 Å². The molecule has 1 aromatic carbocycles. The number of carbonyl (C=O) groups excluding carboxylic acids is 1. The first-order valence-corrected chi connectivity index (χ1v) is 11.2. The van der Waals surface area contributed by atoms with Gasteiger partial charge < -0.3 is 9.73 Å². The molecular weight excluding hydrogens is 376 g/mol. The van der Waals surface area contributed by atoms with Crippen molar-refractivity contribution in [2.45, 2.75) is 50.5 Å². The molecule has 3 rings (SSSR count). The molecule has 0 spiro atoms. The van der Waals surface area contributed by atoms with E-state index in [-0.39, 0.29) is 17.9 Å². The van der Waals surface area contributed by atoms with Crippen LogP contribution >= 0.6 is 0 Å². The zero-order valence-corrected chi connectivity index (χ0v) is 17.2. The highest BCUT2D eigenvalue weighted by atomic mass is 32.2. The molecule has 1 saturated heterocycles. The van der Waals surface area contributed by atoms with E-state index in [1.807, 2.05) is 38.1 Å². The number of hydrogen-bond acceptors (Lipinski definition) is 4. The molecular formula is C21H28N2O4S. The maximum atomic E-state index is 12.8. The van der Waals surface area contributed by atoms with E-state index in [1.54, 1.807) is 18.4 Å². The number of rotatable bonds is 7. The van der Waals surface area contributed by atoms with Gasteiger partial charge in [-0.3, -0.25) is 4.79 Å². The number of furan rings is 1. The minimum Gasteiger partial charge on any atom is -0.469 e. The van der Waals surface area contributed by atoms with Gasteiger partial charge in [0.1, 0.15) is 5.76 Å². The summed E-state index contributed by atoms with van der Waals surface area (Å²) in [6.07, 6.45) is 4.12. The van der Waals surface area contributed by atoms with E-state index in [0.717, 1.165) is 11.3 Å². The average Bonchev–Trinajstić information content (AvgIpc) is 3.15. The van der Waals surface area contributed by atoms with Crippen LogP contribution in [-0.4, -0.2) is 37.8 Å². The SMILES string of the molecule is Cc1ccc(S(=O)(=O)N2CCC(CC(=O)NC(C)Cc3ccco3)CC2)cc1. The minimum atomic E-state index is -3.46. The van der Waals surface area contributed by atoms with E-state index in [9.17, 15) is 13.2 Å². The Kier molecular flexibility index (Phi) is 6.57. The Bertz CT molecular complexity index is 868. The minimum absolute atomic E-state index is 0.000606. The number of hydrogen-bond donors (Lipinski definition) is 1. The molecule has 1 unspecified atom stereocenters. The molecule has 0 radical (unpaired) electrons. The summed E-state index contributed by atoms with van der Waals surface area (Å²) in [6.45, 7) is 4.80. The average molecular weight is 405 g/mol. The van der Waals surface area contributed by atoms with E-state index in [0.29, 0.717) is 43.7 Å². The van der Waals surface area contributed by atoms with Crippen LogP contribution < -0.4 is 5.32 Å². The summed E-state index contributed by atoms with van der Waals surface area (Å²) >= 11 is 0. The van der Waals surface area contributed by atoms with Gasteiger partial charge in [0.15, 0.2) is 0 Å². The van der Waals surface area contributed by atoms with Gasteiger partial charge in [0.25, 0.3) is 0 Å². The van der Waals surface area contributed by atoms with Crippen LogP contribution in [0.4, 0.5) is 0 Å². The molecule has 0 bridgehead atoms. The highest BCUT2D eigenvalue weighted by Crippen LogP contribution is 2.26. The van der Waals surface area contributed by atoms with E-state index < -0.39 is 10.0 Å². The van der Waals surface area contributed by atoms with Crippen molar-refractivity contribution in [3.05, 3.63) is 54.0 Å². The van der Waals surface area contributed by atoms with E-state index in [1.165, 1.54) is 4.31 Å². The highest BCUT2D eigenvalue weighted by Gasteiger charge is 2.30. The fourth-order valence-corrected chi connectivity index (χ4v) is 5.06. The molecule has 1 aromatic heterocycles. The van der Waals surface area contributed by atoms with Crippen LogP contribution in [0.25, 0.3) is 0 Å². The van der Waals surface area contributed by atoms with Crippen LogP contribution in [0.3, 0.4) is 0 Å². The number of nitrogens with zero attached hydrogens (tertiary/aromatic N) is 1. The van der Waals surface area contributed by atoms with Gasteiger partial charge in [0, 0.05) is 32.0 Å². The Labute approximate surface area is 167 Å². The Balaban J connectivity index is 1.47. The molecule has 0 aliphatic carbocycles. The monoisotopic (exact) mass is 404 g/mol. The van der Waals surface area contributed by atoms with Crippen molar-refractivity contribution < 1.29 is 17.6 Å². The third kappa shape index (κ3) is 5.23. The summed E-state index contributed by atoms with van der Waals surface area (Å²) in [5.74, 6) is 1.07. The third-order valence-electron chi connectivity index (χ3n) is 5.20. The van der Waals surface area contributed by atoms with Crippen LogP contribution in [0.15, 0.2) is 52.0 Å². The normalized spacial score (nSPS) is 17.4. The Morgan fingerprint density at radius 3 is 2.50 bits per heavy atom. The van der Waals surface area contributed by atoms with Gasteiger partial charge >= 0.3 is 0 Å². The molecule has 1 aliphatic rings. The molecule has 1 N–H and O–H groups in total. The van der Waals surface area contributed by atoms with Gasteiger partial charge in [-0.25, -0.2) is 8.42 Å². The topological polar surface area (TPSA) is 79.6 Å². The van der Waals surface area contributed by atoms with Gasteiger partial charge in [0.2, 0.25) is 15.9 Å². The van der Waals surface area contributed by atoms with Crippen molar-refractivity contribution >= 4 is 15.9 Å². The quantitative estimate of drug-likeness (QED) is 0.769. The van der Waals surface area contributed by atoms with Crippen LogP contribution in [-0.2, 0) is 21.2 Å². The molecule has 7 heteroatoms. The first-order valence-electron chi connectivity index (χ1n) is 9.73. The summed E-state index contributed by atoms with van der Waals surface area (Å²) in [7, 11) is -3.46. The number of carbonyl (C=O) groups is 1. The lowest BCUT2D eigenvalue weighted by Gasteiger charge is -2.31. The Hall–Kier alpha value is -2.12. The summed E-state index contributed by atoms with van der Waals surface area (Å²) in [5, 5.41) is 3.01. The fourth-order valence-electron chi connectivity index (χ4n) is 3.59. The molecule has 2 aromatic rings. The standard InChI is InChI=1S/C21H28N2O4S/c1-16-5-7-20(8-6-16)28(25,26)23-11-9-18(10-12-23)15-21(24)22-17(2)14-19-4-3-13-27-19/h3-8,13,17-18H,9-12,14-15H2,1-2H3,(H,22,24). The van der Waals surface area contributed by atoms with Crippen molar-refractivity contribution in [1.82, 2.24) is 9.62 Å². The summed E-state index contributed by atoms with van der Waals surface area (Å²) < 4.78 is 32.4. The Morgan fingerprint density at radius 1 is 1.21 bits per heavy atom. The zero-order valence-electron chi connectivity index (χ0n) is 16.4. The summed E-state index contributed by atoms with van der Waals surface area (Å²) in [6, 6.07) is 10.7. The van der Waals surface area contributed by atoms with Crippen LogP contribution in [0, 0.1) is 12.8 Å². The summed E-state index contributed by atoms with van der Waals surface area (Å²) in [4.78, 5) is 12.6. The lowest BCUT2D eigenvalue weighted by Crippen LogP contribution is -2.40. The zero-order chi connectivity index (χ0) is 20.1. The van der Waals surface area contributed by atoms with Crippen molar-refractivity contribution in [3.8, 4) is 0 Å². The number of piperidine rings is 1. The first kappa shape index (κ1) is 20.6. The lowest BCUT2D eigenvalue weighted by molar-refractivity contribution is -0.122. The molecule has 0 saturated carbocycles. The number of aryl methyl sites for hydroxylation is 1. The predicted molar refractivity (Wildman–Crippen MR) is 107 cm³/mol. The van der Waals surface area contributed by atoms with Gasteiger partial charge in [-0.1, -0.05) is 17.7 Å². The molecule has 1 amide bonds. The second-order valence-corrected chi connectivity index (χ2v) is 9.55. The number of nitrogens with one attached hydrogen (secondary N) is 1. The van der Waals surface area contributed by atoms with E-state index in [4.69, 9.17) is 4.42 Å². The number of amides is 1. The third-order valence-corrected chi connectivity index (χ3v) is 7.11. The van der Waals surface area contributed by atoms with Crippen LogP contribution in [0.2, 0.25) is 0 Å².